The zero-order valence-corrected chi connectivity index (χ0v) is 9.10. The van der Waals surface area contributed by atoms with Gasteiger partial charge in [0.05, 0.1) is 6.10 Å². The standard InChI is InChI=1S/C10H20OS/c1-7(2)8(3)12-10-6-4-5-9(10)11/h7-11H,4-6H2,1-3H3/t8?,9-,10-/m0/s1. The first-order valence-corrected chi connectivity index (χ1v) is 5.89. The van der Waals surface area contributed by atoms with Crippen LogP contribution in [0.1, 0.15) is 40.0 Å². The van der Waals surface area contributed by atoms with E-state index in [0.29, 0.717) is 10.5 Å². The molecule has 1 aliphatic rings. The third kappa shape index (κ3) is 2.67. The number of hydrogen-bond acceptors (Lipinski definition) is 2. The first kappa shape index (κ1) is 10.4. The van der Waals surface area contributed by atoms with E-state index in [2.05, 4.69) is 20.8 Å². The molecule has 72 valence electrons. The largest absolute Gasteiger partial charge is 0.392 e. The van der Waals surface area contributed by atoms with Gasteiger partial charge in [0.25, 0.3) is 0 Å². The van der Waals surface area contributed by atoms with Crippen molar-refractivity contribution in [1.82, 2.24) is 0 Å². The van der Waals surface area contributed by atoms with Gasteiger partial charge in [-0.3, -0.25) is 0 Å². The molecule has 0 aromatic carbocycles. The van der Waals surface area contributed by atoms with E-state index >= 15 is 0 Å². The van der Waals surface area contributed by atoms with Crippen LogP contribution >= 0.6 is 11.8 Å². The van der Waals surface area contributed by atoms with E-state index in [1.165, 1.54) is 12.8 Å². The lowest BCUT2D eigenvalue weighted by Gasteiger charge is -2.21. The third-order valence-corrected chi connectivity index (χ3v) is 4.62. The number of thioether (sulfide) groups is 1. The van der Waals surface area contributed by atoms with Gasteiger partial charge >= 0.3 is 0 Å². The average molecular weight is 188 g/mol. The van der Waals surface area contributed by atoms with Gasteiger partial charge in [0.2, 0.25) is 0 Å². The normalized spacial score (nSPS) is 32.8. The monoisotopic (exact) mass is 188 g/mol. The molecule has 1 aliphatic carbocycles. The second kappa shape index (κ2) is 4.52. The fourth-order valence-corrected chi connectivity index (χ4v) is 2.98. The highest BCUT2D eigenvalue weighted by molar-refractivity contribution is 8.00. The molecule has 0 aliphatic heterocycles. The molecule has 0 heterocycles. The number of aliphatic hydroxyl groups is 1. The van der Waals surface area contributed by atoms with Gasteiger partial charge in [0, 0.05) is 10.5 Å². The molecule has 0 aromatic rings. The highest BCUT2D eigenvalue weighted by atomic mass is 32.2. The van der Waals surface area contributed by atoms with Crippen LogP contribution in [0.2, 0.25) is 0 Å². The second-order valence-electron chi connectivity index (χ2n) is 4.12. The van der Waals surface area contributed by atoms with Crippen LogP contribution in [0.3, 0.4) is 0 Å². The minimum Gasteiger partial charge on any atom is -0.392 e. The summed E-state index contributed by atoms with van der Waals surface area (Å²) in [7, 11) is 0. The summed E-state index contributed by atoms with van der Waals surface area (Å²) in [6.07, 6.45) is 3.41. The summed E-state index contributed by atoms with van der Waals surface area (Å²) in [5, 5.41) is 10.8. The summed E-state index contributed by atoms with van der Waals surface area (Å²) in [5.74, 6) is 0.725. The van der Waals surface area contributed by atoms with Gasteiger partial charge in [-0.15, -0.1) is 0 Å². The van der Waals surface area contributed by atoms with Gasteiger partial charge in [-0.1, -0.05) is 20.8 Å². The second-order valence-corrected chi connectivity index (χ2v) is 5.74. The van der Waals surface area contributed by atoms with Gasteiger partial charge in [-0.25, -0.2) is 0 Å². The van der Waals surface area contributed by atoms with Crippen LogP contribution in [0, 0.1) is 5.92 Å². The van der Waals surface area contributed by atoms with Crippen molar-refractivity contribution in [2.45, 2.75) is 56.6 Å². The summed E-state index contributed by atoms with van der Waals surface area (Å²) in [6.45, 7) is 6.76. The fraction of sp³-hybridized carbons (Fsp3) is 1.00. The van der Waals surface area contributed by atoms with Gasteiger partial charge in [-0.2, -0.15) is 11.8 Å². The molecule has 1 unspecified atom stereocenters. The van der Waals surface area contributed by atoms with E-state index in [0.717, 1.165) is 12.3 Å². The molecule has 0 saturated heterocycles. The van der Waals surface area contributed by atoms with Crippen LogP contribution in [0.5, 0.6) is 0 Å². The Bertz CT molecular complexity index is 136. The molecule has 1 fully saturated rings. The molecule has 0 radical (unpaired) electrons. The molecule has 1 N–H and O–H groups in total. The van der Waals surface area contributed by atoms with Crippen molar-refractivity contribution >= 4 is 11.8 Å². The SMILES string of the molecule is CC(C)C(C)S[C@H]1CCC[C@@H]1O. The molecule has 0 aromatic heterocycles. The highest BCUT2D eigenvalue weighted by Gasteiger charge is 2.27. The Labute approximate surface area is 79.9 Å². The van der Waals surface area contributed by atoms with Crippen LogP contribution in [0.15, 0.2) is 0 Å². The predicted octanol–water partition coefficient (Wildman–Crippen LogP) is 2.68. The van der Waals surface area contributed by atoms with Crippen LogP contribution in [0.4, 0.5) is 0 Å². The Morgan fingerprint density at radius 1 is 1.25 bits per heavy atom. The van der Waals surface area contributed by atoms with Crippen molar-refractivity contribution in [3.63, 3.8) is 0 Å². The Balaban J connectivity index is 2.30. The summed E-state index contributed by atoms with van der Waals surface area (Å²) < 4.78 is 0. The molecule has 1 rings (SSSR count). The van der Waals surface area contributed by atoms with Crippen LogP contribution in [0.25, 0.3) is 0 Å². The molecule has 12 heavy (non-hydrogen) atoms. The van der Waals surface area contributed by atoms with Crippen LogP contribution < -0.4 is 0 Å². The van der Waals surface area contributed by atoms with Crippen LogP contribution in [-0.2, 0) is 0 Å². The van der Waals surface area contributed by atoms with Crippen molar-refractivity contribution in [1.29, 1.82) is 0 Å². The molecule has 1 nitrogen and oxygen atoms in total. The Morgan fingerprint density at radius 3 is 2.33 bits per heavy atom. The molecule has 0 amide bonds. The summed E-state index contributed by atoms with van der Waals surface area (Å²) in [4.78, 5) is 0. The Kier molecular flexibility index (Phi) is 3.91. The van der Waals surface area contributed by atoms with E-state index in [1.807, 2.05) is 11.8 Å². The van der Waals surface area contributed by atoms with Crippen LogP contribution in [-0.4, -0.2) is 21.7 Å². The smallest absolute Gasteiger partial charge is 0.0658 e. The molecule has 0 spiro atoms. The minimum absolute atomic E-state index is 0.0313. The molecular weight excluding hydrogens is 168 g/mol. The van der Waals surface area contributed by atoms with E-state index in [1.54, 1.807) is 0 Å². The number of hydrogen-bond donors (Lipinski definition) is 1. The first-order chi connectivity index (χ1) is 5.61. The Morgan fingerprint density at radius 2 is 1.92 bits per heavy atom. The summed E-state index contributed by atoms with van der Waals surface area (Å²) >= 11 is 1.97. The van der Waals surface area contributed by atoms with Gasteiger partial charge in [0.1, 0.15) is 0 Å². The van der Waals surface area contributed by atoms with Gasteiger partial charge < -0.3 is 5.11 Å². The summed E-state index contributed by atoms with van der Waals surface area (Å²) in [6, 6.07) is 0. The van der Waals surface area contributed by atoms with Gasteiger partial charge in [0.15, 0.2) is 0 Å². The average Bonchev–Trinajstić information content (AvgIpc) is 2.36. The van der Waals surface area contributed by atoms with Crippen molar-refractivity contribution in [3.8, 4) is 0 Å². The summed E-state index contributed by atoms with van der Waals surface area (Å²) in [5.41, 5.74) is 0. The maximum atomic E-state index is 9.60. The fourth-order valence-electron chi connectivity index (χ4n) is 1.50. The van der Waals surface area contributed by atoms with E-state index in [4.69, 9.17) is 0 Å². The molecule has 3 atom stereocenters. The first-order valence-electron chi connectivity index (χ1n) is 4.94. The van der Waals surface area contributed by atoms with Crippen molar-refractivity contribution in [2.75, 3.05) is 0 Å². The zero-order valence-electron chi connectivity index (χ0n) is 8.29. The van der Waals surface area contributed by atoms with E-state index < -0.39 is 0 Å². The molecular formula is C10H20OS. The Hall–Kier alpha value is 0.310. The number of aliphatic hydroxyl groups excluding tert-OH is 1. The lowest BCUT2D eigenvalue weighted by atomic mass is 10.2. The topological polar surface area (TPSA) is 20.2 Å². The third-order valence-electron chi connectivity index (χ3n) is 2.75. The minimum atomic E-state index is -0.0313. The predicted molar refractivity (Wildman–Crippen MR) is 55.5 cm³/mol. The maximum Gasteiger partial charge on any atom is 0.0658 e. The van der Waals surface area contributed by atoms with Crippen molar-refractivity contribution in [3.05, 3.63) is 0 Å². The maximum absolute atomic E-state index is 9.60. The van der Waals surface area contributed by atoms with E-state index in [9.17, 15) is 5.11 Å². The lowest BCUT2D eigenvalue weighted by molar-refractivity contribution is 0.188. The highest BCUT2D eigenvalue weighted by Crippen LogP contribution is 2.34. The quantitative estimate of drug-likeness (QED) is 0.735. The molecule has 2 heteroatoms. The number of rotatable bonds is 3. The van der Waals surface area contributed by atoms with Crippen molar-refractivity contribution < 1.29 is 5.11 Å². The van der Waals surface area contributed by atoms with Crippen molar-refractivity contribution in [2.24, 2.45) is 5.92 Å². The zero-order chi connectivity index (χ0) is 9.14. The van der Waals surface area contributed by atoms with E-state index in [-0.39, 0.29) is 6.10 Å². The lowest BCUT2D eigenvalue weighted by Crippen LogP contribution is -2.20. The van der Waals surface area contributed by atoms with Gasteiger partial charge in [-0.05, 0) is 25.2 Å². The molecule has 0 bridgehead atoms. The molecule has 1 saturated carbocycles.